The van der Waals surface area contributed by atoms with E-state index in [1.807, 2.05) is 60.7 Å². The number of hydrogen-bond acceptors (Lipinski definition) is 5. The second-order valence-electron chi connectivity index (χ2n) is 11.3. The SMILES string of the molecule is O=C(NCC1CCCO1)C(Cc1ccccc1)N(Cc1ccccc1)C(=O)CCc1ccc(S(=O)(=O)N2CCCC2)cc1. The van der Waals surface area contributed by atoms with Crippen LogP contribution in [0, 0.1) is 0 Å². The highest BCUT2D eigenvalue weighted by molar-refractivity contribution is 7.89. The number of nitrogens with zero attached hydrogens (tertiary/aromatic N) is 2. The molecule has 3 aromatic carbocycles. The number of rotatable bonds is 13. The lowest BCUT2D eigenvalue weighted by Gasteiger charge is -2.32. The molecule has 0 bridgehead atoms. The molecule has 2 heterocycles. The second-order valence-corrected chi connectivity index (χ2v) is 13.3. The molecule has 43 heavy (non-hydrogen) atoms. The first kappa shape index (κ1) is 30.9. The van der Waals surface area contributed by atoms with Crippen LogP contribution in [-0.4, -0.2) is 67.8 Å². The Kier molecular flexibility index (Phi) is 10.6. The zero-order valence-corrected chi connectivity index (χ0v) is 25.4. The lowest BCUT2D eigenvalue weighted by atomic mass is 10.0. The maximum Gasteiger partial charge on any atom is 0.243 e. The fourth-order valence-electron chi connectivity index (χ4n) is 5.77. The van der Waals surface area contributed by atoms with Gasteiger partial charge in [-0.05, 0) is 60.9 Å². The zero-order chi connectivity index (χ0) is 30.1. The van der Waals surface area contributed by atoms with Crippen LogP contribution in [0.3, 0.4) is 0 Å². The molecule has 0 saturated carbocycles. The third kappa shape index (κ3) is 8.31. The number of amides is 2. The third-order valence-corrected chi connectivity index (χ3v) is 10.2. The second kappa shape index (κ2) is 14.8. The fourth-order valence-corrected chi connectivity index (χ4v) is 7.29. The van der Waals surface area contributed by atoms with Crippen LogP contribution in [-0.2, 0) is 43.7 Å². The fraction of sp³-hybridized carbons (Fsp3) is 0.412. The van der Waals surface area contributed by atoms with Gasteiger partial charge in [0.25, 0.3) is 0 Å². The molecule has 2 aliphatic heterocycles. The summed E-state index contributed by atoms with van der Waals surface area (Å²) in [5.74, 6) is -0.328. The van der Waals surface area contributed by atoms with Crippen LogP contribution in [0.15, 0.2) is 89.8 Å². The Hall–Kier alpha value is -3.53. The average Bonchev–Trinajstić information content (AvgIpc) is 3.77. The Morgan fingerprint density at radius 3 is 2.14 bits per heavy atom. The van der Waals surface area contributed by atoms with Crippen molar-refractivity contribution in [1.29, 1.82) is 0 Å². The Morgan fingerprint density at radius 2 is 1.51 bits per heavy atom. The molecule has 9 heteroatoms. The highest BCUT2D eigenvalue weighted by atomic mass is 32.2. The summed E-state index contributed by atoms with van der Waals surface area (Å²) in [4.78, 5) is 29.6. The molecule has 2 atom stereocenters. The van der Waals surface area contributed by atoms with Crippen molar-refractivity contribution >= 4 is 21.8 Å². The van der Waals surface area contributed by atoms with Crippen LogP contribution >= 0.6 is 0 Å². The lowest BCUT2D eigenvalue weighted by Crippen LogP contribution is -2.51. The summed E-state index contributed by atoms with van der Waals surface area (Å²) in [6.45, 7) is 2.54. The van der Waals surface area contributed by atoms with Crippen molar-refractivity contribution in [3.05, 3.63) is 102 Å². The van der Waals surface area contributed by atoms with Crippen molar-refractivity contribution in [2.75, 3.05) is 26.2 Å². The lowest BCUT2D eigenvalue weighted by molar-refractivity contribution is -0.141. The number of ether oxygens (including phenoxy) is 1. The molecule has 1 N–H and O–H groups in total. The third-order valence-electron chi connectivity index (χ3n) is 8.25. The van der Waals surface area contributed by atoms with Gasteiger partial charge in [-0.1, -0.05) is 72.8 Å². The summed E-state index contributed by atoms with van der Waals surface area (Å²) in [6.07, 6.45) is 4.68. The summed E-state index contributed by atoms with van der Waals surface area (Å²) in [5, 5.41) is 3.06. The monoisotopic (exact) mass is 603 g/mol. The van der Waals surface area contributed by atoms with E-state index in [1.165, 1.54) is 4.31 Å². The molecule has 0 spiro atoms. The molecular formula is C34H41N3O5S. The van der Waals surface area contributed by atoms with E-state index in [0.717, 1.165) is 42.4 Å². The minimum Gasteiger partial charge on any atom is -0.376 e. The van der Waals surface area contributed by atoms with Crippen LogP contribution in [0.4, 0.5) is 0 Å². The van der Waals surface area contributed by atoms with E-state index in [0.29, 0.717) is 45.6 Å². The molecule has 2 amide bonds. The molecule has 2 saturated heterocycles. The molecule has 3 aromatic rings. The molecule has 5 rings (SSSR count). The summed E-state index contributed by atoms with van der Waals surface area (Å²) in [6, 6.07) is 25.6. The number of benzene rings is 3. The van der Waals surface area contributed by atoms with Gasteiger partial charge in [-0.15, -0.1) is 0 Å². The normalized spacial score (nSPS) is 17.9. The molecule has 0 aromatic heterocycles. The number of sulfonamides is 1. The molecular weight excluding hydrogens is 562 g/mol. The van der Waals surface area contributed by atoms with Crippen molar-refractivity contribution in [1.82, 2.24) is 14.5 Å². The van der Waals surface area contributed by atoms with Gasteiger partial charge in [0.05, 0.1) is 11.0 Å². The Bertz CT molecular complexity index is 1440. The predicted molar refractivity (Wildman–Crippen MR) is 166 cm³/mol. The minimum absolute atomic E-state index is 0.00291. The van der Waals surface area contributed by atoms with Crippen molar-refractivity contribution in [2.24, 2.45) is 0 Å². The Morgan fingerprint density at radius 1 is 0.860 bits per heavy atom. The van der Waals surface area contributed by atoms with E-state index in [2.05, 4.69) is 5.32 Å². The smallest absolute Gasteiger partial charge is 0.243 e. The van der Waals surface area contributed by atoms with Crippen LogP contribution in [0.1, 0.15) is 48.8 Å². The van der Waals surface area contributed by atoms with Crippen molar-refractivity contribution in [3.8, 4) is 0 Å². The van der Waals surface area contributed by atoms with E-state index in [9.17, 15) is 18.0 Å². The maximum atomic E-state index is 13.9. The summed E-state index contributed by atoms with van der Waals surface area (Å²) >= 11 is 0. The number of aryl methyl sites for hydroxylation is 1. The van der Waals surface area contributed by atoms with E-state index in [4.69, 9.17) is 4.74 Å². The van der Waals surface area contributed by atoms with Crippen LogP contribution < -0.4 is 5.32 Å². The van der Waals surface area contributed by atoms with Gasteiger partial charge in [-0.25, -0.2) is 8.42 Å². The number of carbonyl (C=O) groups is 2. The summed E-state index contributed by atoms with van der Waals surface area (Å²) in [5.41, 5.74) is 2.79. The highest BCUT2D eigenvalue weighted by Crippen LogP contribution is 2.22. The summed E-state index contributed by atoms with van der Waals surface area (Å²) < 4.78 is 33.1. The molecule has 2 unspecified atom stereocenters. The standard InChI is InChI=1S/C34H41N3O5S/c38-33(20-17-27-15-18-31(19-16-27)43(40,41)36-21-7-8-22-36)37(26-29-12-5-2-6-13-29)32(24-28-10-3-1-4-11-28)34(39)35-25-30-14-9-23-42-30/h1-6,10-13,15-16,18-19,30,32H,7-9,14,17,20-26H2,(H,35,39). The number of hydrogen-bond donors (Lipinski definition) is 1. The van der Waals surface area contributed by atoms with Crippen molar-refractivity contribution in [3.63, 3.8) is 0 Å². The Balaban J connectivity index is 1.33. The first-order valence-corrected chi connectivity index (χ1v) is 16.7. The maximum absolute atomic E-state index is 13.9. The Labute approximate surface area is 255 Å². The van der Waals surface area contributed by atoms with E-state index in [1.54, 1.807) is 29.2 Å². The molecule has 2 aliphatic rings. The first-order chi connectivity index (χ1) is 20.9. The van der Waals surface area contributed by atoms with Crippen molar-refractivity contribution in [2.45, 2.75) is 68.5 Å². The van der Waals surface area contributed by atoms with E-state index >= 15 is 0 Å². The van der Waals surface area contributed by atoms with Gasteiger partial charge in [0, 0.05) is 45.6 Å². The molecule has 0 aliphatic carbocycles. The molecule has 2 fully saturated rings. The molecule has 0 radical (unpaired) electrons. The van der Waals surface area contributed by atoms with E-state index < -0.39 is 16.1 Å². The van der Waals surface area contributed by atoms with Crippen molar-refractivity contribution < 1.29 is 22.7 Å². The average molecular weight is 604 g/mol. The highest BCUT2D eigenvalue weighted by Gasteiger charge is 2.31. The van der Waals surface area contributed by atoms with Gasteiger partial charge in [0.2, 0.25) is 21.8 Å². The number of carbonyl (C=O) groups excluding carboxylic acids is 2. The largest absolute Gasteiger partial charge is 0.376 e. The van der Waals surface area contributed by atoms with Crippen LogP contribution in [0.5, 0.6) is 0 Å². The first-order valence-electron chi connectivity index (χ1n) is 15.3. The topological polar surface area (TPSA) is 96.0 Å². The zero-order valence-electron chi connectivity index (χ0n) is 24.6. The minimum atomic E-state index is -3.49. The van der Waals surface area contributed by atoms with Gasteiger partial charge < -0.3 is 15.0 Å². The van der Waals surface area contributed by atoms with Gasteiger partial charge in [-0.3, -0.25) is 9.59 Å². The van der Waals surface area contributed by atoms with Crippen LogP contribution in [0.2, 0.25) is 0 Å². The van der Waals surface area contributed by atoms with Gasteiger partial charge in [0.1, 0.15) is 6.04 Å². The predicted octanol–water partition coefficient (Wildman–Crippen LogP) is 4.34. The molecule has 228 valence electrons. The van der Waals surface area contributed by atoms with Gasteiger partial charge in [0.15, 0.2) is 0 Å². The summed E-state index contributed by atoms with van der Waals surface area (Å²) in [7, 11) is -3.49. The number of nitrogens with one attached hydrogen (secondary N) is 1. The van der Waals surface area contributed by atoms with E-state index in [-0.39, 0.29) is 29.2 Å². The van der Waals surface area contributed by atoms with Gasteiger partial charge in [-0.2, -0.15) is 4.31 Å². The van der Waals surface area contributed by atoms with Gasteiger partial charge >= 0.3 is 0 Å². The molecule has 8 nitrogen and oxygen atoms in total. The van der Waals surface area contributed by atoms with Crippen LogP contribution in [0.25, 0.3) is 0 Å². The quantitative estimate of drug-likeness (QED) is 0.314.